The number of hydrogen-bond acceptors (Lipinski definition) is 7. The summed E-state index contributed by atoms with van der Waals surface area (Å²) in [7, 11) is 0. The Morgan fingerprint density at radius 3 is 2.83 bits per heavy atom. The Bertz CT molecular complexity index is 1180. The smallest absolute Gasteiger partial charge is 0.268 e. The molecule has 0 bridgehead atoms. The lowest BCUT2D eigenvalue weighted by atomic mass is 9.90. The number of nitrogens with one attached hydrogen (secondary N) is 1. The Kier molecular flexibility index (Phi) is 5.49. The van der Waals surface area contributed by atoms with Crippen LogP contribution < -0.4 is 10.7 Å². The average molecular weight is 406 g/mol. The molecule has 1 fully saturated rings. The molecule has 29 heavy (non-hydrogen) atoms. The zero-order valence-corrected chi connectivity index (χ0v) is 16.4. The maximum Gasteiger partial charge on any atom is 0.268 e. The van der Waals surface area contributed by atoms with E-state index in [-0.39, 0.29) is 16.6 Å². The van der Waals surface area contributed by atoms with Gasteiger partial charge in [0.25, 0.3) is 5.91 Å². The molecule has 1 aromatic carbocycles. The quantitative estimate of drug-likeness (QED) is 0.513. The average Bonchev–Trinajstić information content (AvgIpc) is 3.22. The number of benzene rings is 1. The SMILES string of the molecule is N#C/C(=C/c1coc2ccccc2c1=O)C(=O)Nc1nnc(C2CCCCC2)s1. The zero-order valence-electron chi connectivity index (χ0n) is 15.6. The van der Waals surface area contributed by atoms with Crippen molar-refractivity contribution in [3.63, 3.8) is 0 Å². The maximum atomic E-state index is 12.6. The van der Waals surface area contributed by atoms with Gasteiger partial charge in [0.1, 0.15) is 28.5 Å². The van der Waals surface area contributed by atoms with Crippen molar-refractivity contribution in [3.05, 3.63) is 56.9 Å². The van der Waals surface area contributed by atoms with Crippen LogP contribution in [-0.4, -0.2) is 16.1 Å². The van der Waals surface area contributed by atoms with E-state index in [2.05, 4.69) is 15.5 Å². The van der Waals surface area contributed by atoms with E-state index in [9.17, 15) is 14.9 Å². The highest BCUT2D eigenvalue weighted by Crippen LogP contribution is 2.35. The second-order valence-electron chi connectivity index (χ2n) is 6.92. The molecule has 2 heterocycles. The van der Waals surface area contributed by atoms with E-state index >= 15 is 0 Å². The van der Waals surface area contributed by atoms with Crippen LogP contribution in [0.5, 0.6) is 0 Å². The fraction of sp³-hybridized carbons (Fsp3) is 0.286. The number of para-hydroxylation sites is 1. The van der Waals surface area contributed by atoms with Crippen LogP contribution in [0, 0.1) is 11.3 Å². The first-order valence-corrected chi connectivity index (χ1v) is 10.2. The lowest BCUT2D eigenvalue weighted by Gasteiger charge is -2.18. The number of nitrogens with zero attached hydrogens (tertiary/aromatic N) is 3. The number of amides is 1. The molecule has 0 spiro atoms. The molecule has 1 saturated carbocycles. The minimum atomic E-state index is -0.633. The molecule has 8 heteroatoms. The molecule has 146 valence electrons. The second kappa shape index (κ2) is 8.37. The van der Waals surface area contributed by atoms with Crippen molar-refractivity contribution in [2.45, 2.75) is 38.0 Å². The fourth-order valence-corrected chi connectivity index (χ4v) is 4.37. The number of hydrogen-bond donors (Lipinski definition) is 1. The molecule has 0 aliphatic heterocycles. The second-order valence-corrected chi connectivity index (χ2v) is 7.93. The van der Waals surface area contributed by atoms with Gasteiger partial charge in [-0.25, -0.2) is 0 Å². The number of fused-ring (bicyclic) bond motifs is 1. The summed E-state index contributed by atoms with van der Waals surface area (Å²) in [4.78, 5) is 25.1. The molecule has 1 amide bonds. The number of aromatic nitrogens is 2. The van der Waals surface area contributed by atoms with Crippen LogP contribution in [0.4, 0.5) is 5.13 Å². The van der Waals surface area contributed by atoms with Crippen LogP contribution in [-0.2, 0) is 4.79 Å². The van der Waals surface area contributed by atoms with E-state index in [1.165, 1.54) is 42.9 Å². The van der Waals surface area contributed by atoms with Gasteiger partial charge in [-0.05, 0) is 31.1 Å². The minimum Gasteiger partial charge on any atom is -0.463 e. The molecule has 4 rings (SSSR count). The summed E-state index contributed by atoms with van der Waals surface area (Å²) in [5, 5.41) is 21.9. The monoisotopic (exact) mass is 406 g/mol. The van der Waals surface area contributed by atoms with Crippen molar-refractivity contribution in [3.8, 4) is 6.07 Å². The van der Waals surface area contributed by atoms with E-state index in [0.717, 1.165) is 17.8 Å². The van der Waals surface area contributed by atoms with E-state index in [1.54, 1.807) is 24.3 Å². The van der Waals surface area contributed by atoms with Crippen molar-refractivity contribution < 1.29 is 9.21 Å². The van der Waals surface area contributed by atoms with Crippen LogP contribution in [0.15, 0.2) is 45.3 Å². The minimum absolute atomic E-state index is 0.135. The van der Waals surface area contributed by atoms with Gasteiger partial charge in [0.2, 0.25) is 5.13 Å². The fourth-order valence-electron chi connectivity index (χ4n) is 3.46. The highest BCUT2D eigenvalue weighted by Gasteiger charge is 2.21. The summed E-state index contributed by atoms with van der Waals surface area (Å²) in [6.07, 6.45) is 8.27. The van der Waals surface area contributed by atoms with Gasteiger partial charge < -0.3 is 4.42 Å². The molecule has 1 N–H and O–H groups in total. The third kappa shape index (κ3) is 4.10. The number of nitriles is 1. The van der Waals surface area contributed by atoms with E-state index in [1.807, 2.05) is 6.07 Å². The van der Waals surface area contributed by atoms with Crippen LogP contribution in [0.25, 0.3) is 17.0 Å². The van der Waals surface area contributed by atoms with Gasteiger partial charge in [-0.15, -0.1) is 10.2 Å². The zero-order chi connectivity index (χ0) is 20.2. The van der Waals surface area contributed by atoms with E-state index in [4.69, 9.17) is 4.42 Å². The van der Waals surface area contributed by atoms with Gasteiger partial charge in [0, 0.05) is 5.92 Å². The van der Waals surface area contributed by atoms with Gasteiger partial charge in [-0.1, -0.05) is 42.7 Å². The molecule has 7 nitrogen and oxygen atoms in total. The Labute approximate surface area is 170 Å². The molecule has 0 atom stereocenters. The predicted octanol–water partition coefficient (Wildman–Crippen LogP) is 4.24. The number of carbonyl (C=O) groups is 1. The highest BCUT2D eigenvalue weighted by molar-refractivity contribution is 7.15. The van der Waals surface area contributed by atoms with Crippen LogP contribution in [0.3, 0.4) is 0 Å². The van der Waals surface area contributed by atoms with Crippen LogP contribution in [0.1, 0.15) is 48.6 Å². The number of anilines is 1. The molecule has 0 unspecified atom stereocenters. The molecular weight excluding hydrogens is 388 g/mol. The van der Waals surface area contributed by atoms with Crippen molar-refractivity contribution in [1.29, 1.82) is 5.26 Å². The van der Waals surface area contributed by atoms with Crippen LogP contribution in [0.2, 0.25) is 0 Å². The standard InChI is InChI=1S/C21H18N4O3S/c22-11-14(10-15-12-28-17-9-5-4-8-16(17)18(15)26)19(27)23-21-25-24-20(29-21)13-6-2-1-3-7-13/h4-5,8-10,12-13H,1-3,6-7H2,(H,23,25,27)/b14-10-. The van der Waals surface area contributed by atoms with Crippen molar-refractivity contribution in [2.75, 3.05) is 5.32 Å². The first-order valence-electron chi connectivity index (χ1n) is 9.43. The summed E-state index contributed by atoms with van der Waals surface area (Å²) < 4.78 is 5.43. The van der Waals surface area contributed by atoms with Gasteiger partial charge in [0.15, 0.2) is 5.43 Å². The molecule has 1 aliphatic rings. The van der Waals surface area contributed by atoms with E-state index < -0.39 is 5.91 Å². The molecular formula is C21H18N4O3S. The molecule has 2 aromatic heterocycles. The molecule has 1 aliphatic carbocycles. The summed E-state index contributed by atoms with van der Waals surface area (Å²) in [6.45, 7) is 0. The third-order valence-electron chi connectivity index (χ3n) is 4.99. The number of carbonyl (C=O) groups excluding carboxylic acids is 1. The van der Waals surface area contributed by atoms with Gasteiger partial charge in [-0.2, -0.15) is 5.26 Å². The lowest BCUT2D eigenvalue weighted by Crippen LogP contribution is -2.14. The Balaban J connectivity index is 1.54. The van der Waals surface area contributed by atoms with Crippen LogP contribution >= 0.6 is 11.3 Å². The van der Waals surface area contributed by atoms with Gasteiger partial charge in [0.05, 0.1) is 10.9 Å². The maximum absolute atomic E-state index is 12.6. The Hall–Kier alpha value is -3.31. The highest BCUT2D eigenvalue weighted by atomic mass is 32.1. The number of rotatable bonds is 4. The Morgan fingerprint density at radius 2 is 2.03 bits per heavy atom. The molecule has 0 radical (unpaired) electrons. The first-order chi connectivity index (χ1) is 14.2. The van der Waals surface area contributed by atoms with Gasteiger partial charge in [-0.3, -0.25) is 14.9 Å². The summed E-state index contributed by atoms with van der Waals surface area (Å²) in [5.41, 5.74) is 0.0715. The lowest BCUT2D eigenvalue weighted by molar-refractivity contribution is -0.112. The summed E-state index contributed by atoms with van der Waals surface area (Å²) in [5.74, 6) is -0.244. The summed E-state index contributed by atoms with van der Waals surface area (Å²) in [6, 6.07) is 8.65. The third-order valence-corrected chi connectivity index (χ3v) is 5.99. The largest absolute Gasteiger partial charge is 0.463 e. The summed E-state index contributed by atoms with van der Waals surface area (Å²) >= 11 is 1.34. The van der Waals surface area contributed by atoms with Crippen molar-refractivity contribution in [2.24, 2.45) is 0 Å². The topological polar surface area (TPSA) is 109 Å². The van der Waals surface area contributed by atoms with Crippen molar-refractivity contribution in [1.82, 2.24) is 10.2 Å². The normalized spacial score (nSPS) is 15.2. The predicted molar refractivity (Wildman–Crippen MR) is 110 cm³/mol. The Morgan fingerprint density at radius 1 is 1.24 bits per heavy atom. The molecule has 3 aromatic rings. The van der Waals surface area contributed by atoms with Gasteiger partial charge >= 0.3 is 0 Å². The molecule has 0 saturated heterocycles. The first kappa shape index (κ1) is 19.0. The van der Waals surface area contributed by atoms with E-state index in [0.29, 0.717) is 22.0 Å². The van der Waals surface area contributed by atoms with Crippen molar-refractivity contribution >= 4 is 39.4 Å².